The molecule has 0 spiro atoms. The molecule has 138 valence electrons. The molecule has 0 radical (unpaired) electrons. The first-order valence-electron chi connectivity index (χ1n) is 7.73. The van der Waals surface area contributed by atoms with Crippen molar-refractivity contribution in [2.24, 2.45) is 0 Å². The summed E-state index contributed by atoms with van der Waals surface area (Å²) in [6.45, 7) is 0.106. The summed E-state index contributed by atoms with van der Waals surface area (Å²) in [4.78, 5) is 25.6. The van der Waals surface area contributed by atoms with Gasteiger partial charge in [0.25, 0.3) is 0 Å². The maximum absolute atomic E-state index is 12.1. The van der Waals surface area contributed by atoms with E-state index in [1.54, 1.807) is 31.3 Å². The van der Waals surface area contributed by atoms with Crippen LogP contribution >= 0.6 is 39.1 Å². The number of carbonyl (C=O) groups is 2. The molecule has 0 bridgehead atoms. The molecule has 0 aliphatic rings. The van der Waals surface area contributed by atoms with Crippen LogP contribution in [0.4, 0.5) is 5.69 Å². The Hall–Kier alpha value is -1.76. The fraction of sp³-hybridized carbons (Fsp3) is 0.222. The third kappa shape index (κ3) is 6.20. The SMILES string of the molecule is CN(CC(=O)Nc1c(Cl)cccc1Cl)C(=O)CCOc1cccc(Br)c1. The number of benzene rings is 2. The molecule has 0 aliphatic heterocycles. The van der Waals surface area contributed by atoms with Gasteiger partial charge >= 0.3 is 0 Å². The van der Waals surface area contributed by atoms with E-state index in [9.17, 15) is 9.59 Å². The summed E-state index contributed by atoms with van der Waals surface area (Å²) < 4.78 is 6.42. The zero-order chi connectivity index (χ0) is 19.1. The molecule has 0 atom stereocenters. The maximum atomic E-state index is 12.1. The van der Waals surface area contributed by atoms with E-state index in [-0.39, 0.29) is 31.4 Å². The smallest absolute Gasteiger partial charge is 0.244 e. The van der Waals surface area contributed by atoms with Crippen molar-refractivity contribution < 1.29 is 14.3 Å². The Morgan fingerprint density at radius 1 is 1.15 bits per heavy atom. The van der Waals surface area contributed by atoms with Crippen molar-refractivity contribution in [1.29, 1.82) is 0 Å². The van der Waals surface area contributed by atoms with Crippen molar-refractivity contribution in [2.45, 2.75) is 6.42 Å². The van der Waals surface area contributed by atoms with E-state index in [4.69, 9.17) is 27.9 Å². The number of hydrogen-bond acceptors (Lipinski definition) is 3. The summed E-state index contributed by atoms with van der Waals surface area (Å²) in [7, 11) is 1.55. The molecule has 8 heteroatoms. The zero-order valence-corrected chi connectivity index (χ0v) is 17.1. The number of rotatable bonds is 7. The number of hydrogen-bond donors (Lipinski definition) is 1. The van der Waals surface area contributed by atoms with Crippen molar-refractivity contribution in [2.75, 3.05) is 25.5 Å². The van der Waals surface area contributed by atoms with Crippen molar-refractivity contribution >= 4 is 56.6 Å². The monoisotopic (exact) mass is 458 g/mol. The molecule has 0 fully saturated rings. The second kappa shape index (κ2) is 9.80. The molecule has 5 nitrogen and oxygen atoms in total. The molecule has 2 aromatic carbocycles. The third-order valence-corrected chi connectivity index (χ3v) is 4.54. The molecule has 0 aliphatic carbocycles. The summed E-state index contributed by atoms with van der Waals surface area (Å²) in [6.07, 6.45) is 0.156. The first-order chi connectivity index (χ1) is 12.4. The number of ether oxygens (including phenoxy) is 1. The number of likely N-dealkylation sites (N-methyl/N-ethyl adjacent to an activating group) is 1. The van der Waals surface area contributed by atoms with Crippen LogP contribution in [-0.2, 0) is 9.59 Å². The highest BCUT2D eigenvalue weighted by Crippen LogP contribution is 2.29. The third-order valence-electron chi connectivity index (χ3n) is 3.41. The number of carbonyl (C=O) groups excluding carboxylic acids is 2. The summed E-state index contributed by atoms with van der Waals surface area (Å²) in [5.41, 5.74) is 0.333. The Kier molecular flexibility index (Phi) is 7.75. The minimum Gasteiger partial charge on any atom is -0.493 e. The van der Waals surface area contributed by atoms with Gasteiger partial charge in [-0.25, -0.2) is 0 Å². The van der Waals surface area contributed by atoms with Gasteiger partial charge in [-0.05, 0) is 30.3 Å². The van der Waals surface area contributed by atoms with Crippen LogP contribution in [0.25, 0.3) is 0 Å². The predicted octanol–water partition coefficient (Wildman–Crippen LogP) is 4.62. The average Bonchev–Trinajstić information content (AvgIpc) is 2.58. The fourth-order valence-electron chi connectivity index (χ4n) is 2.10. The first-order valence-corrected chi connectivity index (χ1v) is 9.28. The Morgan fingerprint density at radius 3 is 2.46 bits per heavy atom. The average molecular weight is 460 g/mol. The van der Waals surface area contributed by atoms with Crippen molar-refractivity contribution in [3.8, 4) is 5.75 Å². The maximum Gasteiger partial charge on any atom is 0.244 e. The minimum absolute atomic E-state index is 0.114. The first kappa shape index (κ1) is 20.6. The Labute approximate surface area is 170 Å². The van der Waals surface area contributed by atoms with E-state index in [1.165, 1.54) is 4.90 Å². The van der Waals surface area contributed by atoms with Gasteiger partial charge in [-0.3, -0.25) is 9.59 Å². The topological polar surface area (TPSA) is 58.6 Å². The molecule has 0 heterocycles. The predicted molar refractivity (Wildman–Crippen MR) is 107 cm³/mol. The fourth-order valence-corrected chi connectivity index (χ4v) is 2.97. The lowest BCUT2D eigenvalue weighted by Crippen LogP contribution is -2.35. The molecule has 0 unspecified atom stereocenters. The highest BCUT2D eigenvalue weighted by atomic mass is 79.9. The molecule has 2 amide bonds. The number of nitrogens with zero attached hydrogens (tertiary/aromatic N) is 1. The van der Waals surface area contributed by atoms with E-state index >= 15 is 0 Å². The molecular weight excluding hydrogens is 443 g/mol. The summed E-state index contributed by atoms with van der Waals surface area (Å²) >= 11 is 15.4. The second-order valence-corrected chi connectivity index (χ2v) is 7.18. The van der Waals surface area contributed by atoms with Crippen molar-refractivity contribution in [3.63, 3.8) is 0 Å². The van der Waals surface area contributed by atoms with Crippen LogP contribution in [0.3, 0.4) is 0 Å². The molecule has 2 rings (SSSR count). The molecule has 0 aromatic heterocycles. The lowest BCUT2D eigenvalue weighted by molar-refractivity contribution is -0.133. The van der Waals surface area contributed by atoms with Crippen LogP contribution in [0.15, 0.2) is 46.9 Å². The highest BCUT2D eigenvalue weighted by Gasteiger charge is 2.15. The highest BCUT2D eigenvalue weighted by molar-refractivity contribution is 9.10. The van der Waals surface area contributed by atoms with Crippen molar-refractivity contribution in [1.82, 2.24) is 4.90 Å². The van der Waals surface area contributed by atoms with Crippen molar-refractivity contribution in [3.05, 3.63) is 57.0 Å². The Morgan fingerprint density at radius 2 is 1.81 bits per heavy atom. The van der Waals surface area contributed by atoms with Gasteiger partial charge in [0, 0.05) is 11.5 Å². The molecule has 0 saturated carbocycles. The quantitative estimate of drug-likeness (QED) is 0.656. The van der Waals surface area contributed by atoms with Crippen LogP contribution in [0.5, 0.6) is 5.75 Å². The van der Waals surface area contributed by atoms with E-state index in [2.05, 4.69) is 21.2 Å². The number of para-hydroxylation sites is 1. The van der Waals surface area contributed by atoms with Crippen LogP contribution in [0, 0.1) is 0 Å². The van der Waals surface area contributed by atoms with Gasteiger partial charge in [-0.2, -0.15) is 0 Å². The summed E-state index contributed by atoms with van der Waals surface area (Å²) in [5, 5.41) is 3.29. The summed E-state index contributed by atoms with van der Waals surface area (Å²) in [6, 6.07) is 12.3. The second-order valence-electron chi connectivity index (χ2n) is 5.45. The van der Waals surface area contributed by atoms with E-state index in [1.807, 2.05) is 18.2 Å². The number of amides is 2. The molecule has 2 aromatic rings. The normalized spacial score (nSPS) is 10.3. The molecular formula is C18H17BrCl2N2O3. The van der Waals surface area contributed by atoms with E-state index in [0.29, 0.717) is 21.5 Å². The van der Waals surface area contributed by atoms with Gasteiger partial charge in [0.05, 0.1) is 35.3 Å². The van der Waals surface area contributed by atoms with E-state index < -0.39 is 0 Å². The number of halogens is 3. The molecule has 26 heavy (non-hydrogen) atoms. The Balaban J connectivity index is 1.80. The lowest BCUT2D eigenvalue weighted by Gasteiger charge is -2.17. The van der Waals surface area contributed by atoms with Crippen LogP contribution in [0.1, 0.15) is 6.42 Å². The minimum atomic E-state index is -0.385. The van der Waals surface area contributed by atoms with Gasteiger partial charge in [0.1, 0.15) is 5.75 Å². The van der Waals surface area contributed by atoms with Gasteiger partial charge in [0.15, 0.2) is 0 Å². The van der Waals surface area contributed by atoms with Gasteiger partial charge in [-0.1, -0.05) is 51.3 Å². The lowest BCUT2D eigenvalue weighted by atomic mass is 10.3. The largest absolute Gasteiger partial charge is 0.493 e. The van der Waals surface area contributed by atoms with E-state index in [0.717, 1.165) is 4.47 Å². The summed E-state index contributed by atoms with van der Waals surface area (Å²) in [5.74, 6) is 0.0742. The van der Waals surface area contributed by atoms with Crippen LogP contribution in [0.2, 0.25) is 10.0 Å². The number of anilines is 1. The standard InChI is InChI=1S/C18H17BrCl2N2O3/c1-23(11-16(24)22-18-14(20)6-3-7-15(18)21)17(25)8-9-26-13-5-2-4-12(19)10-13/h2-7,10H,8-9,11H2,1H3,(H,22,24). The van der Waals surface area contributed by atoms with Gasteiger partial charge in [0.2, 0.25) is 11.8 Å². The van der Waals surface area contributed by atoms with Gasteiger partial charge in [-0.15, -0.1) is 0 Å². The van der Waals surface area contributed by atoms with Crippen LogP contribution in [-0.4, -0.2) is 36.9 Å². The Bertz CT molecular complexity index is 782. The van der Waals surface area contributed by atoms with Crippen LogP contribution < -0.4 is 10.1 Å². The number of nitrogens with one attached hydrogen (secondary N) is 1. The van der Waals surface area contributed by atoms with Gasteiger partial charge < -0.3 is 15.0 Å². The molecule has 0 saturated heterocycles. The zero-order valence-electron chi connectivity index (χ0n) is 14.0. The molecule has 1 N–H and O–H groups in total.